The molecule has 26 heavy (non-hydrogen) atoms. The lowest BCUT2D eigenvalue weighted by molar-refractivity contribution is 0.485. The lowest BCUT2D eigenvalue weighted by Crippen LogP contribution is -2.19. The Kier molecular flexibility index (Phi) is 4.33. The van der Waals surface area contributed by atoms with Crippen LogP contribution in [0.15, 0.2) is 44.0 Å². The number of thiophene rings is 1. The molecule has 4 aromatic rings. The molecule has 0 atom stereocenters. The zero-order chi connectivity index (χ0) is 18.3. The van der Waals surface area contributed by atoms with Crippen LogP contribution in [-0.2, 0) is 12.8 Å². The van der Waals surface area contributed by atoms with Gasteiger partial charge in [-0.25, -0.2) is 9.37 Å². The molecule has 0 bridgehead atoms. The molecule has 0 aliphatic carbocycles. The summed E-state index contributed by atoms with van der Waals surface area (Å²) >= 11 is 2.76. The molecule has 0 aliphatic rings. The third-order valence-electron chi connectivity index (χ3n) is 3.82. The Morgan fingerprint density at radius 1 is 1.27 bits per heavy atom. The first kappa shape index (κ1) is 16.9. The molecule has 9 heteroatoms. The lowest BCUT2D eigenvalue weighted by Gasteiger charge is -2.07. The number of aromatic nitrogens is 4. The average molecular weight is 388 g/mol. The maximum atomic E-state index is 13.2. The van der Waals surface area contributed by atoms with Crippen molar-refractivity contribution in [2.45, 2.75) is 17.8 Å². The summed E-state index contributed by atoms with van der Waals surface area (Å²) in [6, 6.07) is 6.09. The van der Waals surface area contributed by atoms with Gasteiger partial charge >= 0.3 is 0 Å². The zero-order valence-corrected chi connectivity index (χ0v) is 15.5. The van der Waals surface area contributed by atoms with Crippen LogP contribution >= 0.6 is 23.1 Å². The van der Waals surface area contributed by atoms with Crippen LogP contribution in [0.1, 0.15) is 11.8 Å². The van der Waals surface area contributed by atoms with Crippen molar-refractivity contribution < 1.29 is 8.81 Å². The van der Waals surface area contributed by atoms with Gasteiger partial charge < -0.3 is 4.42 Å². The fraction of sp³-hybridized carbons (Fsp3) is 0.176. The van der Waals surface area contributed by atoms with Crippen LogP contribution in [0, 0.1) is 12.7 Å². The van der Waals surface area contributed by atoms with E-state index in [1.165, 1.54) is 39.8 Å². The van der Waals surface area contributed by atoms with E-state index in [1.54, 1.807) is 26.1 Å². The summed E-state index contributed by atoms with van der Waals surface area (Å²) in [6.45, 7) is 1.73. The summed E-state index contributed by atoms with van der Waals surface area (Å²) in [7, 11) is 1.68. The average Bonchev–Trinajstić information content (AvgIpc) is 3.24. The molecular formula is C17H13FN4O2S2. The maximum Gasteiger partial charge on any atom is 0.263 e. The second-order valence-electron chi connectivity index (χ2n) is 5.60. The van der Waals surface area contributed by atoms with Crippen molar-refractivity contribution in [2.75, 3.05) is 0 Å². The van der Waals surface area contributed by atoms with Crippen LogP contribution in [0.5, 0.6) is 0 Å². The molecule has 1 aromatic carbocycles. The minimum atomic E-state index is -0.311. The van der Waals surface area contributed by atoms with Crippen molar-refractivity contribution in [1.82, 2.24) is 19.7 Å². The summed E-state index contributed by atoms with van der Waals surface area (Å²) in [6.07, 6.45) is 0. The molecule has 0 aliphatic heterocycles. The highest BCUT2D eigenvalue weighted by Crippen LogP contribution is 2.32. The highest BCUT2D eigenvalue weighted by atomic mass is 32.2. The Labute approximate surface area is 155 Å². The van der Waals surface area contributed by atoms with Crippen LogP contribution in [0.3, 0.4) is 0 Å². The number of nitrogens with zero attached hydrogens (tertiary/aromatic N) is 4. The van der Waals surface area contributed by atoms with Gasteiger partial charge in [0, 0.05) is 24.9 Å². The standard InChI is InChI=1S/C17H13FN4O2S2/c1-9-20-21-13(24-9)8-26-17-19-15-14(16(23)22(17)2)12(7-25-15)10-3-5-11(18)6-4-10/h3-7H,8H2,1-2H3. The van der Waals surface area contributed by atoms with Gasteiger partial charge in [-0.2, -0.15) is 0 Å². The van der Waals surface area contributed by atoms with Crippen molar-refractivity contribution in [3.05, 3.63) is 57.6 Å². The number of halogens is 1. The molecule has 6 nitrogen and oxygen atoms in total. The molecule has 0 amide bonds. The SMILES string of the molecule is Cc1nnc(CSc2nc3scc(-c4ccc(F)cc4)c3c(=O)n2C)o1. The van der Waals surface area contributed by atoms with Gasteiger partial charge in [-0.1, -0.05) is 23.9 Å². The molecule has 0 N–H and O–H groups in total. The number of hydrogen-bond donors (Lipinski definition) is 0. The van der Waals surface area contributed by atoms with E-state index < -0.39 is 0 Å². The maximum absolute atomic E-state index is 13.2. The van der Waals surface area contributed by atoms with E-state index >= 15 is 0 Å². The first-order valence-electron chi connectivity index (χ1n) is 7.69. The van der Waals surface area contributed by atoms with Crippen LogP contribution in [-0.4, -0.2) is 19.7 Å². The number of hydrogen-bond acceptors (Lipinski definition) is 7. The summed E-state index contributed by atoms with van der Waals surface area (Å²) in [5.41, 5.74) is 1.42. The van der Waals surface area contributed by atoms with Crippen molar-refractivity contribution in [3.8, 4) is 11.1 Å². The molecule has 0 saturated carbocycles. The normalized spacial score (nSPS) is 11.3. The van der Waals surface area contributed by atoms with Gasteiger partial charge in [0.05, 0.1) is 11.1 Å². The van der Waals surface area contributed by atoms with E-state index in [1.807, 2.05) is 5.38 Å². The van der Waals surface area contributed by atoms with Gasteiger partial charge in [0.1, 0.15) is 10.6 Å². The summed E-state index contributed by atoms with van der Waals surface area (Å²) in [4.78, 5) is 18.1. The van der Waals surface area contributed by atoms with E-state index in [2.05, 4.69) is 15.2 Å². The fourth-order valence-electron chi connectivity index (χ4n) is 2.55. The largest absolute Gasteiger partial charge is 0.425 e. The highest BCUT2D eigenvalue weighted by Gasteiger charge is 2.16. The zero-order valence-electron chi connectivity index (χ0n) is 13.9. The molecule has 4 rings (SSSR count). The molecule has 0 radical (unpaired) electrons. The number of benzene rings is 1. The van der Waals surface area contributed by atoms with E-state index in [0.717, 1.165) is 11.1 Å². The fourth-order valence-corrected chi connectivity index (χ4v) is 4.34. The highest BCUT2D eigenvalue weighted by molar-refractivity contribution is 7.98. The topological polar surface area (TPSA) is 73.8 Å². The number of fused-ring (bicyclic) bond motifs is 1. The van der Waals surface area contributed by atoms with Gasteiger partial charge in [0.25, 0.3) is 5.56 Å². The van der Waals surface area contributed by atoms with Gasteiger partial charge in [0.2, 0.25) is 11.8 Å². The van der Waals surface area contributed by atoms with Crippen molar-refractivity contribution >= 4 is 33.3 Å². The summed E-state index contributed by atoms with van der Waals surface area (Å²) in [5, 5.41) is 10.7. The smallest absolute Gasteiger partial charge is 0.263 e. The number of thioether (sulfide) groups is 1. The minimum Gasteiger partial charge on any atom is -0.425 e. The lowest BCUT2D eigenvalue weighted by atomic mass is 10.1. The third-order valence-corrected chi connectivity index (χ3v) is 5.71. The number of rotatable bonds is 4. The molecule has 0 spiro atoms. The molecule has 0 unspecified atom stereocenters. The van der Waals surface area contributed by atoms with E-state index in [-0.39, 0.29) is 11.4 Å². The second-order valence-corrected chi connectivity index (χ2v) is 7.40. The van der Waals surface area contributed by atoms with Crippen molar-refractivity contribution in [1.29, 1.82) is 0 Å². The van der Waals surface area contributed by atoms with E-state index in [0.29, 0.717) is 32.9 Å². The predicted molar refractivity (Wildman–Crippen MR) is 98.9 cm³/mol. The molecule has 132 valence electrons. The third kappa shape index (κ3) is 3.04. The van der Waals surface area contributed by atoms with E-state index in [4.69, 9.17) is 4.42 Å². The van der Waals surface area contributed by atoms with Crippen LogP contribution in [0.4, 0.5) is 4.39 Å². The molecule has 0 fully saturated rings. The summed E-state index contributed by atoms with van der Waals surface area (Å²) in [5.74, 6) is 1.11. The first-order valence-corrected chi connectivity index (χ1v) is 9.55. The van der Waals surface area contributed by atoms with Crippen LogP contribution < -0.4 is 5.56 Å². The second kappa shape index (κ2) is 6.65. The van der Waals surface area contributed by atoms with Crippen molar-refractivity contribution in [3.63, 3.8) is 0 Å². The Morgan fingerprint density at radius 2 is 2.04 bits per heavy atom. The minimum absolute atomic E-state index is 0.139. The molecule has 3 heterocycles. The number of aryl methyl sites for hydroxylation is 1. The monoisotopic (exact) mass is 388 g/mol. The Balaban J connectivity index is 1.73. The van der Waals surface area contributed by atoms with Crippen molar-refractivity contribution in [2.24, 2.45) is 7.05 Å². The quantitative estimate of drug-likeness (QED) is 0.391. The Bertz CT molecular complexity index is 1150. The molecular weight excluding hydrogens is 375 g/mol. The van der Waals surface area contributed by atoms with Gasteiger partial charge in [-0.05, 0) is 17.7 Å². The predicted octanol–water partition coefficient (Wildman–Crippen LogP) is 3.78. The molecule has 3 aromatic heterocycles. The first-order chi connectivity index (χ1) is 12.5. The van der Waals surface area contributed by atoms with Crippen LogP contribution in [0.25, 0.3) is 21.3 Å². The van der Waals surface area contributed by atoms with Gasteiger partial charge in [-0.15, -0.1) is 21.5 Å². The Morgan fingerprint density at radius 3 is 2.73 bits per heavy atom. The van der Waals surface area contributed by atoms with E-state index in [9.17, 15) is 9.18 Å². The molecule has 0 saturated heterocycles. The van der Waals surface area contributed by atoms with Crippen LogP contribution in [0.2, 0.25) is 0 Å². The Hall–Kier alpha value is -2.52. The summed E-state index contributed by atoms with van der Waals surface area (Å²) < 4.78 is 20.0. The van der Waals surface area contributed by atoms with Gasteiger partial charge in [-0.3, -0.25) is 9.36 Å². The van der Waals surface area contributed by atoms with Gasteiger partial charge in [0.15, 0.2) is 5.16 Å².